The Bertz CT molecular complexity index is 1300. The summed E-state index contributed by atoms with van der Waals surface area (Å²) < 4.78 is 26.1. The molecular weight excluding hydrogens is 432 g/mol. The number of benzene rings is 3. The number of sulfonamides is 1. The Labute approximate surface area is 185 Å². The van der Waals surface area contributed by atoms with Crippen molar-refractivity contribution in [1.82, 2.24) is 4.31 Å². The number of hydrogen-bond acceptors (Lipinski definition) is 5. The number of Topliss-reactive ketones (excluding diaryl/α,β-unsaturated/α-hetero) is 1. The number of ketones is 1. The van der Waals surface area contributed by atoms with Crippen molar-refractivity contribution >= 4 is 44.1 Å². The maximum atomic E-state index is 12.9. The van der Waals surface area contributed by atoms with Gasteiger partial charge in [-0.1, -0.05) is 42.5 Å². The molecule has 0 fully saturated rings. The van der Waals surface area contributed by atoms with Crippen LogP contribution < -0.4 is 4.90 Å². The maximum Gasteiger partial charge on any atom is 0.372 e. The van der Waals surface area contributed by atoms with Gasteiger partial charge in [-0.15, -0.1) is 0 Å². The van der Waals surface area contributed by atoms with Gasteiger partial charge in [0.25, 0.3) is 0 Å². The van der Waals surface area contributed by atoms with E-state index in [-0.39, 0.29) is 17.1 Å². The molecule has 0 heterocycles. The van der Waals surface area contributed by atoms with E-state index in [4.69, 9.17) is 5.11 Å². The standard InChI is InChI=1S/C23H22N2O6S/c1-24(2)32(30,31)20-9-5-8-19(13-20)25(22(27)14-21(26)23(28)29)15-16-10-11-17-6-3-4-7-18(17)12-16/h3-13H,14-15H2,1-2H3,(H,28,29). The molecule has 166 valence electrons. The summed E-state index contributed by atoms with van der Waals surface area (Å²) >= 11 is 0. The first-order chi connectivity index (χ1) is 15.1. The highest BCUT2D eigenvalue weighted by atomic mass is 32.2. The molecule has 0 aliphatic heterocycles. The van der Waals surface area contributed by atoms with Crippen molar-refractivity contribution in [2.75, 3.05) is 19.0 Å². The quantitative estimate of drug-likeness (QED) is 0.414. The molecule has 9 heteroatoms. The van der Waals surface area contributed by atoms with Crippen LogP contribution in [0.15, 0.2) is 71.6 Å². The Morgan fingerprint density at radius 1 is 0.875 bits per heavy atom. The Hall–Kier alpha value is -3.56. The van der Waals surface area contributed by atoms with Crippen LogP contribution in [0.3, 0.4) is 0 Å². The average molecular weight is 455 g/mol. The van der Waals surface area contributed by atoms with Crippen LogP contribution in [-0.2, 0) is 31.0 Å². The highest BCUT2D eigenvalue weighted by Gasteiger charge is 2.25. The average Bonchev–Trinajstić information content (AvgIpc) is 2.77. The largest absolute Gasteiger partial charge is 0.475 e. The highest BCUT2D eigenvalue weighted by Crippen LogP contribution is 2.25. The van der Waals surface area contributed by atoms with E-state index >= 15 is 0 Å². The summed E-state index contributed by atoms with van der Waals surface area (Å²) in [6.07, 6.45) is -0.840. The van der Waals surface area contributed by atoms with Gasteiger partial charge in [0.2, 0.25) is 21.7 Å². The summed E-state index contributed by atoms with van der Waals surface area (Å²) in [4.78, 5) is 36.7. The first-order valence-electron chi connectivity index (χ1n) is 9.66. The lowest BCUT2D eigenvalue weighted by atomic mass is 10.1. The highest BCUT2D eigenvalue weighted by molar-refractivity contribution is 7.89. The van der Waals surface area contributed by atoms with Crippen molar-refractivity contribution in [2.45, 2.75) is 17.9 Å². The van der Waals surface area contributed by atoms with Crippen molar-refractivity contribution in [2.24, 2.45) is 0 Å². The molecule has 3 aromatic carbocycles. The zero-order chi connectivity index (χ0) is 23.5. The predicted molar refractivity (Wildman–Crippen MR) is 120 cm³/mol. The molecule has 0 unspecified atom stereocenters. The van der Waals surface area contributed by atoms with Crippen LogP contribution in [-0.4, -0.2) is 49.6 Å². The number of carbonyl (C=O) groups is 3. The summed E-state index contributed by atoms with van der Waals surface area (Å²) in [5.74, 6) is -3.69. The van der Waals surface area contributed by atoms with Gasteiger partial charge in [0, 0.05) is 19.8 Å². The first-order valence-corrected chi connectivity index (χ1v) is 11.1. The summed E-state index contributed by atoms with van der Waals surface area (Å²) in [6, 6.07) is 19.0. The lowest BCUT2D eigenvalue weighted by molar-refractivity contribution is -0.150. The van der Waals surface area contributed by atoms with E-state index in [9.17, 15) is 22.8 Å². The second-order valence-electron chi connectivity index (χ2n) is 7.35. The Kier molecular flexibility index (Phi) is 6.71. The molecule has 32 heavy (non-hydrogen) atoms. The molecule has 8 nitrogen and oxygen atoms in total. The van der Waals surface area contributed by atoms with Gasteiger partial charge in [-0.25, -0.2) is 17.5 Å². The SMILES string of the molecule is CN(C)S(=O)(=O)c1cccc(N(Cc2ccc3ccccc3c2)C(=O)CC(=O)C(=O)O)c1. The number of hydrogen-bond donors (Lipinski definition) is 1. The van der Waals surface area contributed by atoms with Gasteiger partial charge < -0.3 is 10.0 Å². The minimum atomic E-state index is -3.76. The third kappa shape index (κ3) is 5.01. The molecule has 0 saturated heterocycles. The third-order valence-electron chi connectivity index (χ3n) is 4.91. The molecule has 1 N–H and O–H groups in total. The second kappa shape index (κ2) is 9.29. The van der Waals surface area contributed by atoms with Crippen LogP contribution in [0.2, 0.25) is 0 Å². The topological polar surface area (TPSA) is 112 Å². The zero-order valence-electron chi connectivity index (χ0n) is 17.6. The number of rotatable bonds is 8. The predicted octanol–water partition coefficient (Wildman–Crippen LogP) is 2.67. The van der Waals surface area contributed by atoms with E-state index in [2.05, 4.69) is 0 Å². The van der Waals surface area contributed by atoms with Crippen LogP contribution in [0.5, 0.6) is 0 Å². The van der Waals surface area contributed by atoms with Crippen LogP contribution >= 0.6 is 0 Å². The van der Waals surface area contributed by atoms with Gasteiger partial charge in [-0.2, -0.15) is 0 Å². The molecule has 0 atom stereocenters. The minimum absolute atomic E-state index is 0.0270. The van der Waals surface area contributed by atoms with Gasteiger partial charge in [-0.3, -0.25) is 9.59 Å². The molecule has 0 spiro atoms. The number of carboxylic acid groups (broad SMARTS) is 1. The number of carbonyl (C=O) groups excluding carboxylic acids is 2. The maximum absolute atomic E-state index is 12.9. The summed E-state index contributed by atoms with van der Waals surface area (Å²) in [5.41, 5.74) is 0.977. The number of aliphatic carboxylic acids is 1. The number of amides is 1. The third-order valence-corrected chi connectivity index (χ3v) is 6.72. The fraction of sp³-hybridized carbons (Fsp3) is 0.174. The lowest BCUT2D eigenvalue weighted by Gasteiger charge is -2.24. The molecular formula is C23H22N2O6S. The first kappa shape index (κ1) is 23.1. The van der Waals surface area contributed by atoms with Crippen molar-refractivity contribution in [3.63, 3.8) is 0 Å². The van der Waals surface area contributed by atoms with Gasteiger partial charge in [0.1, 0.15) is 0 Å². The van der Waals surface area contributed by atoms with Crippen LogP contribution in [0.4, 0.5) is 5.69 Å². The number of nitrogens with zero attached hydrogens (tertiary/aromatic N) is 2. The van der Waals surface area contributed by atoms with Crippen molar-refractivity contribution in [1.29, 1.82) is 0 Å². The summed E-state index contributed by atoms with van der Waals surface area (Å²) in [7, 11) is -0.974. The van der Waals surface area contributed by atoms with Crippen LogP contribution in [0, 0.1) is 0 Å². The molecule has 1 amide bonds. The summed E-state index contributed by atoms with van der Waals surface area (Å²) in [5, 5.41) is 10.9. The minimum Gasteiger partial charge on any atom is -0.475 e. The van der Waals surface area contributed by atoms with Crippen molar-refractivity contribution in [3.8, 4) is 0 Å². The number of carboxylic acids is 1. The van der Waals surface area contributed by atoms with Crippen LogP contribution in [0.25, 0.3) is 10.8 Å². The summed E-state index contributed by atoms with van der Waals surface area (Å²) in [6.45, 7) is 0.0298. The van der Waals surface area contributed by atoms with Gasteiger partial charge in [0.05, 0.1) is 17.9 Å². The van der Waals surface area contributed by atoms with Crippen molar-refractivity contribution < 1.29 is 27.9 Å². The monoisotopic (exact) mass is 454 g/mol. The van der Waals surface area contributed by atoms with E-state index in [1.807, 2.05) is 42.5 Å². The van der Waals surface area contributed by atoms with E-state index in [1.54, 1.807) is 6.07 Å². The fourth-order valence-corrected chi connectivity index (χ4v) is 4.12. The molecule has 0 bridgehead atoms. The zero-order valence-corrected chi connectivity index (χ0v) is 18.4. The Morgan fingerprint density at radius 2 is 1.56 bits per heavy atom. The van der Waals surface area contributed by atoms with E-state index in [0.717, 1.165) is 20.6 Å². The number of anilines is 1. The second-order valence-corrected chi connectivity index (χ2v) is 9.50. The van der Waals surface area contributed by atoms with E-state index in [0.29, 0.717) is 0 Å². The van der Waals surface area contributed by atoms with Gasteiger partial charge in [-0.05, 0) is 40.6 Å². The van der Waals surface area contributed by atoms with Crippen LogP contribution in [0.1, 0.15) is 12.0 Å². The normalized spacial score (nSPS) is 11.5. The lowest BCUT2D eigenvalue weighted by Crippen LogP contribution is -2.33. The fourth-order valence-electron chi connectivity index (χ4n) is 3.17. The number of fused-ring (bicyclic) bond motifs is 1. The van der Waals surface area contributed by atoms with Gasteiger partial charge >= 0.3 is 5.97 Å². The van der Waals surface area contributed by atoms with E-state index in [1.165, 1.54) is 37.2 Å². The Balaban J connectivity index is 2.03. The van der Waals surface area contributed by atoms with Gasteiger partial charge in [0.15, 0.2) is 0 Å². The molecule has 0 aliphatic carbocycles. The molecule has 3 aromatic rings. The molecule has 0 aromatic heterocycles. The van der Waals surface area contributed by atoms with Crippen molar-refractivity contribution in [3.05, 3.63) is 72.3 Å². The smallest absolute Gasteiger partial charge is 0.372 e. The van der Waals surface area contributed by atoms with E-state index < -0.39 is 34.1 Å². The Morgan fingerprint density at radius 3 is 2.22 bits per heavy atom. The molecule has 3 rings (SSSR count). The molecule has 0 radical (unpaired) electrons. The molecule has 0 saturated carbocycles. The molecule has 0 aliphatic rings.